The van der Waals surface area contributed by atoms with E-state index < -0.39 is 0 Å². The van der Waals surface area contributed by atoms with Crippen LogP contribution in [0, 0.1) is 21.7 Å². The summed E-state index contributed by atoms with van der Waals surface area (Å²) in [6.45, 7) is 5.37. The Morgan fingerprint density at radius 2 is 1.06 bits per heavy atom. The molecule has 5 N–H and O–H groups in total. The van der Waals surface area contributed by atoms with Crippen molar-refractivity contribution in [3.63, 3.8) is 0 Å². The van der Waals surface area contributed by atoms with Gasteiger partial charge in [0.05, 0.1) is 26.4 Å². The molecule has 5 rings (SSSR count). The van der Waals surface area contributed by atoms with Gasteiger partial charge in [0, 0.05) is 54.4 Å². The first kappa shape index (κ1) is 25.1. The predicted octanol–water partition coefficient (Wildman–Crippen LogP) is 2.15. The van der Waals surface area contributed by atoms with Gasteiger partial charge in [-0.2, -0.15) is 0 Å². The Morgan fingerprint density at radius 3 is 1.48 bits per heavy atom. The monoisotopic (exact) mass is 460 g/mol. The van der Waals surface area contributed by atoms with Crippen LogP contribution in [0.15, 0.2) is 30.3 Å². The molecule has 2 saturated carbocycles. The van der Waals surface area contributed by atoms with Crippen LogP contribution in [0.3, 0.4) is 0 Å². The van der Waals surface area contributed by atoms with Crippen molar-refractivity contribution in [1.82, 2.24) is 10.2 Å². The average Bonchev–Trinajstić information content (AvgIpc) is 3.42. The van der Waals surface area contributed by atoms with Crippen molar-refractivity contribution in [3.05, 3.63) is 35.9 Å². The van der Waals surface area contributed by atoms with Crippen LogP contribution in [-0.4, -0.2) is 77.9 Å². The first-order chi connectivity index (χ1) is 16.0. The minimum absolute atomic E-state index is 0.0278. The number of nitrogens with zero attached hydrogens (tertiary/aromatic N) is 1. The molecule has 6 heteroatoms. The fourth-order valence-corrected chi connectivity index (χ4v) is 7.56. The minimum atomic E-state index is -0.0885. The molecule has 2 saturated heterocycles. The summed E-state index contributed by atoms with van der Waals surface area (Å²) in [5.41, 5.74) is 1.08. The van der Waals surface area contributed by atoms with Crippen molar-refractivity contribution in [2.75, 3.05) is 52.6 Å². The van der Waals surface area contributed by atoms with Crippen LogP contribution in [0.2, 0.25) is 0 Å². The third kappa shape index (κ3) is 4.39. The highest BCUT2D eigenvalue weighted by Crippen LogP contribution is 2.55. The van der Waals surface area contributed by atoms with Gasteiger partial charge in [-0.1, -0.05) is 56.0 Å². The summed E-state index contributed by atoms with van der Waals surface area (Å²) in [5, 5.41) is 42.3. The predicted molar refractivity (Wildman–Crippen MR) is 130 cm³/mol. The van der Waals surface area contributed by atoms with Gasteiger partial charge in [-0.15, -0.1) is 0 Å². The third-order valence-corrected chi connectivity index (χ3v) is 9.81. The quantitative estimate of drug-likeness (QED) is 0.447. The molecule has 4 fully saturated rings. The van der Waals surface area contributed by atoms with Gasteiger partial charge in [0.25, 0.3) is 0 Å². The zero-order valence-corrected chi connectivity index (χ0v) is 20.1. The van der Waals surface area contributed by atoms with Crippen LogP contribution in [0.1, 0.15) is 56.9 Å². The van der Waals surface area contributed by atoms with E-state index >= 15 is 0 Å². The number of benzene rings is 1. The zero-order chi connectivity index (χ0) is 23.4. The van der Waals surface area contributed by atoms with Crippen molar-refractivity contribution in [2.45, 2.75) is 57.9 Å². The standard InChI is InChI=1S/C17H25NO2.C10H19NO2/c19-13-16-8-4-5-9-17(16,14-20)12-18(11-16)10-15-6-2-1-3-7-15;12-7-9-3-1-2-4-10(9,8-13)6-11-5-9/h1-3,6-7,19-20H,4-5,8-14H2;11-13H,1-8H2. The van der Waals surface area contributed by atoms with E-state index in [0.29, 0.717) is 0 Å². The van der Waals surface area contributed by atoms with Crippen molar-refractivity contribution >= 4 is 0 Å². The number of aliphatic hydroxyl groups excluding tert-OH is 4. The molecule has 33 heavy (non-hydrogen) atoms. The summed E-state index contributed by atoms with van der Waals surface area (Å²) < 4.78 is 0. The lowest BCUT2D eigenvalue weighted by atomic mass is 9.58. The molecule has 4 unspecified atom stereocenters. The Morgan fingerprint density at radius 1 is 0.636 bits per heavy atom. The molecule has 2 aliphatic heterocycles. The molecule has 1 aromatic carbocycles. The second-order valence-electron chi connectivity index (χ2n) is 11.4. The molecular weight excluding hydrogens is 416 g/mol. The van der Waals surface area contributed by atoms with Crippen molar-refractivity contribution < 1.29 is 20.4 Å². The van der Waals surface area contributed by atoms with Crippen LogP contribution < -0.4 is 5.32 Å². The van der Waals surface area contributed by atoms with Crippen molar-refractivity contribution in [2.24, 2.45) is 21.7 Å². The number of fused-ring (bicyclic) bond motifs is 2. The number of nitrogens with one attached hydrogen (secondary N) is 1. The van der Waals surface area contributed by atoms with Gasteiger partial charge in [0.1, 0.15) is 0 Å². The van der Waals surface area contributed by atoms with Crippen LogP contribution >= 0.6 is 0 Å². The van der Waals surface area contributed by atoms with Crippen LogP contribution in [0.25, 0.3) is 0 Å². The number of aliphatic hydroxyl groups is 4. The molecule has 0 spiro atoms. The van der Waals surface area contributed by atoms with Gasteiger partial charge >= 0.3 is 0 Å². The van der Waals surface area contributed by atoms with E-state index in [0.717, 1.165) is 58.4 Å². The molecular formula is C27H44N2O4. The molecule has 2 aliphatic carbocycles. The number of likely N-dealkylation sites (tertiary alicyclic amines) is 1. The molecule has 4 atom stereocenters. The second kappa shape index (κ2) is 10.3. The van der Waals surface area contributed by atoms with E-state index in [9.17, 15) is 20.4 Å². The number of hydrogen-bond acceptors (Lipinski definition) is 6. The van der Waals surface area contributed by atoms with Crippen molar-refractivity contribution in [1.29, 1.82) is 0 Å². The van der Waals surface area contributed by atoms with Gasteiger partial charge < -0.3 is 25.7 Å². The molecule has 2 heterocycles. The maximum absolute atomic E-state index is 9.99. The average molecular weight is 461 g/mol. The zero-order valence-electron chi connectivity index (χ0n) is 20.1. The molecule has 4 aliphatic rings. The molecule has 186 valence electrons. The summed E-state index contributed by atoms with van der Waals surface area (Å²) in [7, 11) is 0. The molecule has 0 radical (unpaired) electrons. The molecule has 0 aromatic heterocycles. The van der Waals surface area contributed by atoms with Crippen LogP contribution in [-0.2, 0) is 6.54 Å². The minimum Gasteiger partial charge on any atom is -0.396 e. The lowest BCUT2D eigenvalue weighted by molar-refractivity contribution is -0.0490. The summed E-state index contributed by atoms with van der Waals surface area (Å²) in [5.74, 6) is 0. The normalized spacial score (nSPS) is 38.3. The fourth-order valence-electron chi connectivity index (χ4n) is 7.56. The van der Waals surface area contributed by atoms with E-state index in [1.54, 1.807) is 0 Å². The highest BCUT2D eigenvalue weighted by molar-refractivity contribution is 5.16. The summed E-state index contributed by atoms with van der Waals surface area (Å²) in [4.78, 5) is 2.42. The fraction of sp³-hybridized carbons (Fsp3) is 0.778. The van der Waals surface area contributed by atoms with E-state index in [4.69, 9.17) is 0 Å². The van der Waals surface area contributed by atoms with Crippen molar-refractivity contribution in [3.8, 4) is 0 Å². The Bertz CT molecular complexity index is 722. The number of rotatable bonds is 6. The third-order valence-electron chi connectivity index (χ3n) is 9.81. The Labute approximate surface area is 199 Å². The Hall–Kier alpha value is -1.02. The van der Waals surface area contributed by atoms with Gasteiger partial charge in [0.15, 0.2) is 0 Å². The maximum Gasteiger partial charge on any atom is 0.0506 e. The van der Waals surface area contributed by atoms with Gasteiger partial charge in [-0.3, -0.25) is 4.90 Å². The largest absolute Gasteiger partial charge is 0.396 e. The highest BCUT2D eigenvalue weighted by atomic mass is 16.3. The lowest BCUT2D eigenvalue weighted by Crippen LogP contribution is -2.48. The van der Waals surface area contributed by atoms with Gasteiger partial charge in [-0.05, 0) is 31.2 Å². The maximum atomic E-state index is 9.99. The topological polar surface area (TPSA) is 96.2 Å². The Balaban J connectivity index is 0.000000172. The summed E-state index contributed by atoms with van der Waals surface area (Å²) >= 11 is 0. The molecule has 6 nitrogen and oxygen atoms in total. The van der Waals surface area contributed by atoms with E-state index in [1.807, 2.05) is 6.07 Å². The lowest BCUT2D eigenvalue weighted by Gasteiger charge is -2.46. The molecule has 0 amide bonds. The summed E-state index contributed by atoms with van der Waals surface area (Å²) in [6.07, 6.45) is 9.00. The SMILES string of the molecule is OCC12CCCCC1(CO)CN(Cc1ccccc1)C2.OCC12CCCCC1(CO)CNC2. The van der Waals surface area contributed by atoms with Crippen LogP contribution in [0.5, 0.6) is 0 Å². The Kier molecular flexibility index (Phi) is 7.83. The first-order valence-corrected chi connectivity index (χ1v) is 12.9. The first-order valence-electron chi connectivity index (χ1n) is 12.9. The highest BCUT2D eigenvalue weighted by Gasteiger charge is 2.58. The molecule has 1 aromatic rings. The summed E-state index contributed by atoms with van der Waals surface area (Å²) in [6, 6.07) is 10.5. The smallest absolute Gasteiger partial charge is 0.0506 e. The second-order valence-corrected chi connectivity index (χ2v) is 11.4. The van der Waals surface area contributed by atoms with E-state index in [-0.39, 0.29) is 48.1 Å². The van der Waals surface area contributed by atoms with Crippen LogP contribution in [0.4, 0.5) is 0 Å². The van der Waals surface area contributed by atoms with Gasteiger partial charge in [0.2, 0.25) is 0 Å². The molecule has 0 bridgehead atoms. The number of hydrogen-bond donors (Lipinski definition) is 5. The van der Waals surface area contributed by atoms with E-state index in [2.05, 4.69) is 34.5 Å². The van der Waals surface area contributed by atoms with Gasteiger partial charge in [-0.25, -0.2) is 0 Å². The van der Waals surface area contributed by atoms with E-state index in [1.165, 1.54) is 31.2 Å².